The van der Waals surface area contributed by atoms with Crippen molar-refractivity contribution in [3.8, 4) is 0 Å². The van der Waals surface area contributed by atoms with Crippen LogP contribution in [0.25, 0.3) is 0 Å². The first kappa shape index (κ1) is 17.7. The molecule has 0 fully saturated rings. The van der Waals surface area contributed by atoms with Crippen molar-refractivity contribution in [2.24, 2.45) is 5.10 Å². The zero-order valence-corrected chi connectivity index (χ0v) is 14.1. The zero-order chi connectivity index (χ0) is 17.7. The maximum atomic E-state index is 12.1. The molecule has 2 rings (SSSR count). The Hall–Kier alpha value is -2.60. The smallest absolute Gasteiger partial charge is 0.303 e. The summed E-state index contributed by atoms with van der Waals surface area (Å²) in [6, 6.07) is 8.42. The van der Waals surface area contributed by atoms with Crippen molar-refractivity contribution in [3.63, 3.8) is 0 Å². The fourth-order valence-electron chi connectivity index (χ4n) is 2.16. The molecular weight excluding hydrogens is 332 g/mol. The van der Waals surface area contributed by atoms with Crippen molar-refractivity contribution in [2.45, 2.75) is 26.7 Å². The summed E-state index contributed by atoms with van der Waals surface area (Å²) < 4.78 is 5.52. The van der Waals surface area contributed by atoms with Gasteiger partial charge in [-0.3, -0.25) is 9.59 Å². The van der Waals surface area contributed by atoms with Gasteiger partial charge in [0.2, 0.25) is 0 Å². The van der Waals surface area contributed by atoms with Gasteiger partial charge in [-0.15, -0.1) is 0 Å². The molecule has 0 saturated heterocycles. The van der Waals surface area contributed by atoms with Gasteiger partial charge < -0.3 is 9.52 Å². The number of hydrogen-bond acceptors (Lipinski definition) is 4. The molecule has 0 atom stereocenters. The van der Waals surface area contributed by atoms with E-state index in [4.69, 9.17) is 21.1 Å². The Bertz CT molecular complexity index is 796. The number of amides is 1. The molecule has 0 aliphatic heterocycles. The summed E-state index contributed by atoms with van der Waals surface area (Å²) >= 11 is 5.97. The van der Waals surface area contributed by atoms with Crippen molar-refractivity contribution >= 4 is 29.2 Å². The number of hydrazone groups is 1. The molecule has 7 heteroatoms. The van der Waals surface area contributed by atoms with Crippen molar-refractivity contribution in [3.05, 3.63) is 58.0 Å². The SMILES string of the molecule is C/C(=N/NC(=O)c1ccccc1Cl)c1cc(CCC(=O)O)oc1C. The molecule has 1 aromatic heterocycles. The molecule has 1 aromatic carbocycles. The van der Waals surface area contributed by atoms with Crippen LogP contribution in [0, 0.1) is 6.92 Å². The van der Waals surface area contributed by atoms with E-state index in [2.05, 4.69) is 10.5 Å². The minimum Gasteiger partial charge on any atom is -0.481 e. The van der Waals surface area contributed by atoms with E-state index in [1.165, 1.54) is 0 Å². The highest BCUT2D eigenvalue weighted by Gasteiger charge is 2.13. The largest absolute Gasteiger partial charge is 0.481 e. The highest BCUT2D eigenvalue weighted by molar-refractivity contribution is 6.33. The highest BCUT2D eigenvalue weighted by Crippen LogP contribution is 2.18. The average molecular weight is 349 g/mol. The van der Waals surface area contributed by atoms with Crippen LogP contribution in [0.4, 0.5) is 0 Å². The number of furan rings is 1. The second-order valence-corrected chi connectivity index (χ2v) is 5.60. The summed E-state index contributed by atoms with van der Waals surface area (Å²) in [7, 11) is 0. The third kappa shape index (κ3) is 4.45. The van der Waals surface area contributed by atoms with Gasteiger partial charge in [0.05, 0.1) is 22.7 Å². The number of benzene rings is 1. The van der Waals surface area contributed by atoms with Crippen LogP contribution in [0.1, 0.15) is 40.8 Å². The minimum atomic E-state index is -0.886. The average Bonchev–Trinajstić information content (AvgIpc) is 2.92. The monoisotopic (exact) mass is 348 g/mol. The molecule has 2 aromatic rings. The van der Waals surface area contributed by atoms with E-state index in [1.807, 2.05) is 0 Å². The summed E-state index contributed by atoms with van der Waals surface area (Å²) in [5, 5.41) is 13.1. The lowest BCUT2D eigenvalue weighted by Gasteiger charge is -2.03. The maximum Gasteiger partial charge on any atom is 0.303 e. The summed E-state index contributed by atoms with van der Waals surface area (Å²) in [6.45, 7) is 3.49. The number of aliphatic carboxylic acids is 1. The second kappa shape index (κ2) is 7.79. The molecule has 0 radical (unpaired) electrons. The van der Waals surface area contributed by atoms with Gasteiger partial charge in [-0.2, -0.15) is 5.10 Å². The molecule has 0 spiro atoms. The van der Waals surface area contributed by atoms with Crippen molar-refractivity contribution in [1.82, 2.24) is 5.43 Å². The van der Waals surface area contributed by atoms with Gasteiger partial charge in [-0.05, 0) is 32.0 Å². The lowest BCUT2D eigenvalue weighted by atomic mass is 10.1. The summed E-state index contributed by atoms with van der Waals surface area (Å²) in [6.07, 6.45) is 0.293. The van der Waals surface area contributed by atoms with Gasteiger partial charge >= 0.3 is 5.97 Å². The summed E-state index contributed by atoms with van der Waals surface area (Å²) in [5.41, 5.74) is 4.06. The molecule has 6 nitrogen and oxygen atoms in total. The molecule has 0 unspecified atom stereocenters. The van der Waals surface area contributed by atoms with Crippen LogP contribution < -0.4 is 5.43 Å². The number of carbonyl (C=O) groups excluding carboxylic acids is 1. The van der Waals surface area contributed by atoms with E-state index in [0.29, 0.717) is 34.2 Å². The van der Waals surface area contributed by atoms with Gasteiger partial charge in [-0.25, -0.2) is 5.43 Å². The van der Waals surface area contributed by atoms with Crippen molar-refractivity contribution in [2.75, 3.05) is 0 Å². The Kier molecular flexibility index (Phi) is 5.76. The van der Waals surface area contributed by atoms with E-state index in [9.17, 15) is 9.59 Å². The van der Waals surface area contributed by atoms with Crippen LogP contribution in [-0.2, 0) is 11.2 Å². The number of rotatable bonds is 6. The molecule has 0 aliphatic carbocycles. The third-order valence-electron chi connectivity index (χ3n) is 3.39. The molecule has 1 amide bonds. The second-order valence-electron chi connectivity index (χ2n) is 5.19. The van der Waals surface area contributed by atoms with Gasteiger partial charge in [0, 0.05) is 12.0 Å². The summed E-state index contributed by atoms with van der Waals surface area (Å²) in [5.74, 6) is -0.115. The highest BCUT2D eigenvalue weighted by atomic mass is 35.5. The molecule has 24 heavy (non-hydrogen) atoms. The van der Waals surface area contributed by atoms with Crippen molar-refractivity contribution in [1.29, 1.82) is 0 Å². The quantitative estimate of drug-likeness (QED) is 0.618. The molecule has 126 valence electrons. The van der Waals surface area contributed by atoms with Gasteiger partial charge in [0.15, 0.2) is 0 Å². The van der Waals surface area contributed by atoms with E-state index >= 15 is 0 Å². The minimum absolute atomic E-state index is 0.00811. The standard InChI is InChI=1S/C17H17ClN2O4/c1-10(14-9-12(24-11(14)2)7-8-16(21)22)19-20-17(23)13-5-3-4-6-15(13)18/h3-6,9H,7-8H2,1-2H3,(H,20,23)(H,21,22)/b19-10-. The number of nitrogens with one attached hydrogen (secondary N) is 1. The van der Waals surface area contributed by atoms with Gasteiger partial charge in [0.1, 0.15) is 11.5 Å². The number of hydrogen-bond donors (Lipinski definition) is 2. The van der Waals surface area contributed by atoms with Crippen LogP contribution in [0.3, 0.4) is 0 Å². The first-order valence-corrected chi connectivity index (χ1v) is 7.67. The number of carboxylic acids is 1. The number of halogens is 1. The third-order valence-corrected chi connectivity index (χ3v) is 3.72. The topological polar surface area (TPSA) is 91.9 Å². The molecule has 0 bridgehead atoms. The number of nitrogens with zero attached hydrogens (tertiary/aromatic N) is 1. The van der Waals surface area contributed by atoms with Gasteiger partial charge in [-0.1, -0.05) is 23.7 Å². The zero-order valence-electron chi connectivity index (χ0n) is 13.3. The molecular formula is C17H17ClN2O4. The Morgan fingerprint density at radius 2 is 2.00 bits per heavy atom. The predicted octanol–water partition coefficient (Wildman–Crippen LogP) is 3.41. The summed E-state index contributed by atoms with van der Waals surface area (Å²) in [4.78, 5) is 22.7. The van der Waals surface area contributed by atoms with Crippen LogP contribution in [0.2, 0.25) is 5.02 Å². The van der Waals surface area contributed by atoms with E-state index in [1.54, 1.807) is 44.2 Å². The Morgan fingerprint density at radius 1 is 1.29 bits per heavy atom. The van der Waals surface area contributed by atoms with Crippen molar-refractivity contribution < 1.29 is 19.1 Å². The Balaban J connectivity index is 2.09. The molecule has 0 aliphatic rings. The molecule has 1 heterocycles. The molecule has 2 N–H and O–H groups in total. The number of aryl methyl sites for hydroxylation is 2. The first-order valence-electron chi connectivity index (χ1n) is 7.29. The van der Waals surface area contributed by atoms with Crippen LogP contribution in [0.5, 0.6) is 0 Å². The lowest BCUT2D eigenvalue weighted by Crippen LogP contribution is -2.19. The number of carboxylic acid groups (broad SMARTS) is 1. The lowest BCUT2D eigenvalue weighted by molar-refractivity contribution is -0.137. The van der Waals surface area contributed by atoms with E-state index < -0.39 is 11.9 Å². The van der Waals surface area contributed by atoms with Gasteiger partial charge in [0.25, 0.3) is 5.91 Å². The first-order chi connectivity index (χ1) is 11.4. The maximum absolute atomic E-state index is 12.1. The number of carbonyl (C=O) groups is 2. The van der Waals surface area contributed by atoms with E-state index in [0.717, 1.165) is 5.56 Å². The normalized spacial score (nSPS) is 11.4. The van der Waals surface area contributed by atoms with Crippen LogP contribution >= 0.6 is 11.6 Å². The fourth-order valence-corrected chi connectivity index (χ4v) is 2.38. The fraction of sp³-hybridized carbons (Fsp3) is 0.235. The van der Waals surface area contributed by atoms with Crippen LogP contribution in [-0.4, -0.2) is 22.7 Å². The van der Waals surface area contributed by atoms with Crippen LogP contribution in [0.15, 0.2) is 39.9 Å². The van der Waals surface area contributed by atoms with E-state index in [-0.39, 0.29) is 6.42 Å². The Morgan fingerprint density at radius 3 is 2.67 bits per heavy atom. The predicted molar refractivity (Wildman–Crippen MR) is 90.5 cm³/mol. The molecule has 0 saturated carbocycles. The Labute approximate surface area is 144 Å².